The SMILES string of the molecule is CC(C)(C)Oc1ccc(C(O)c2ccc(OC(C)(C)C)cc2OC(C)(C)C)c(OC(C)(C)C)c1. The van der Waals surface area contributed by atoms with Crippen molar-refractivity contribution in [2.45, 2.75) is 112 Å². The molecule has 5 nitrogen and oxygen atoms in total. The fourth-order valence-electron chi connectivity index (χ4n) is 3.32. The van der Waals surface area contributed by atoms with Crippen LogP contribution < -0.4 is 18.9 Å². The van der Waals surface area contributed by atoms with Gasteiger partial charge in [-0.15, -0.1) is 0 Å². The molecule has 0 aliphatic rings. The largest absolute Gasteiger partial charge is 0.488 e. The second-order valence-corrected chi connectivity index (χ2v) is 12.7. The molecule has 2 aromatic carbocycles. The summed E-state index contributed by atoms with van der Waals surface area (Å²) in [4.78, 5) is 0. The fourth-order valence-corrected chi connectivity index (χ4v) is 3.32. The molecule has 190 valence electrons. The Balaban J connectivity index is 2.58. The first kappa shape index (κ1) is 27.8. The first-order valence-corrected chi connectivity index (χ1v) is 11.9. The Morgan fingerprint density at radius 3 is 1.06 bits per heavy atom. The summed E-state index contributed by atoms with van der Waals surface area (Å²) in [5, 5.41) is 11.6. The van der Waals surface area contributed by atoms with Gasteiger partial charge in [-0.3, -0.25) is 0 Å². The van der Waals surface area contributed by atoms with E-state index in [4.69, 9.17) is 18.9 Å². The zero-order valence-electron chi connectivity index (χ0n) is 23.1. The summed E-state index contributed by atoms with van der Waals surface area (Å²) in [6.07, 6.45) is -0.970. The first-order chi connectivity index (χ1) is 15.2. The average molecular weight is 473 g/mol. The van der Waals surface area contributed by atoms with E-state index in [1.807, 2.05) is 119 Å². The van der Waals surface area contributed by atoms with Crippen molar-refractivity contribution in [3.63, 3.8) is 0 Å². The van der Waals surface area contributed by atoms with Gasteiger partial charge in [0.15, 0.2) is 0 Å². The van der Waals surface area contributed by atoms with E-state index >= 15 is 0 Å². The number of hydrogen-bond donors (Lipinski definition) is 1. The van der Waals surface area contributed by atoms with E-state index in [-0.39, 0.29) is 11.2 Å². The van der Waals surface area contributed by atoms with E-state index in [9.17, 15) is 5.11 Å². The molecule has 0 bridgehead atoms. The summed E-state index contributed by atoms with van der Waals surface area (Å²) in [7, 11) is 0. The predicted molar refractivity (Wildman–Crippen MR) is 138 cm³/mol. The zero-order valence-corrected chi connectivity index (χ0v) is 23.1. The molecule has 0 saturated carbocycles. The molecule has 0 unspecified atom stereocenters. The van der Waals surface area contributed by atoms with Crippen molar-refractivity contribution in [1.29, 1.82) is 0 Å². The summed E-state index contributed by atoms with van der Waals surface area (Å²) in [5.74, 6) is 2.50. The molecule has 1 N–H and O–H groups in total. The van der Waals surface area contributed by atoms with E-state index in [1.165, 1.54) is 0 Å². The summed E-state index contributed by atoms with van der Waals surface area (Å²) in [5.41, 5.74) is -0.335. The number of aliphatic hydroxyl groups excluding tert-OH is 1. The van der Waals surface area contributed by atoms with Crippen LogP contribution in [-0.4, -0.2) is 27.5 Å². The maximum Gasteiger partial charge on any atom is 0.129 e. The van der Waals surface area contributed by atoms with Crippen LogP contribution in [0.2, 0.25) is 0 Å². The van der Waals surface area contributed by atoms with Crippen LogP contribution in [0.1, 0.15) is 100 Å². The lowest BCUT2D eigenvalue weighted by atomic mass is 9.98. The molecule has 0 saturated heterocycles. The molecule has 0 fully saturated rings. The highest BCUT2D eigenvalue weighted by atomic mass is 16.5. The van der Waals surface area contributed by atoms with Crippen molar-refractivity contribution < 1.29 is 24.1 Å². The molecule has 0 aliphatic carbocycles. The van der Waals surface area contributed by atoms with Crippen LogP contribution in [0.15, 0.2) is 36.4 Å². The molecule has 0 aliphatic heterocycles. The molecule has 0 atom stereocenters. The Morgan fingerprint density at radius 2 is 0.794 bits per heavy atom. The minimum atomic E-state index is -0.970. The molecular formula is C29H44O5. The van der Waals surface area contributed by atoms with Gasteiger partial charge in [-0.1, -0.05) is 0 Å². The molecule has 5 heteroatoms. The molecule has 0 spiro atoms. The van der Waals surface area contributed by atoms with Crippen LogP contribution in [0.4, 0.5) is 0 Å². The van der Waals surface area contributed by atoms with E-state index in [0.29, 0.717) is 34.1 Å². The summed E-state index contributed by atoms with van der Waals surface area (Å²) < 4.78 is 24.6. The van der Waals surface area contributed by atoms with E-state index < -0.39 is 17.3 Å². The Morgan fingerprint density at radius 1 is 0.500 bits per heavy atom. The van der Waals surface area contributed by atoms with Crippen molar-refractivity contribution in [3.8, 4) is 23.0 Å². The van der Waals surface area contributed by atoms with Gasteiger partial charge in [-0.05, 0) is 107 Å². The van der Waals surface area contributed by atoms with Crippen LogP contribution in [0, 0.1) is 0 Å². The highest BCUT2D eigenvalue weighted by Crippen LogP contribution is 2.41. The molecule has 2 rings (SSSR count). The van der Waals surface area contributed by atoms with Gasteiger partial charge < -0.3 is 24.1 Å². The average Bonchev–Trinajstić information content (AvgIpc) is 2.56. The van der Waals surface area contributed by atoms with Crippen molar-refractivity contribution in [1.82, 2.24) is 0 Å². The van der Waals surface area contributed by atoms with Gasteiger partial charge in [0.05, 0.1) is 0 Å². The Hall–Kier alpha value is -2.40. The van der Waals surface area contributed by atoms with Gasteiger partial charge in [0.25, 0.3) is 0 Å². The summed E-state index contributed by atoms with van der Waals surface area (Å²) in [6.45, 7) is 23.9. The van der Waals surface area contributed by atoms with Crippen molar-refractivity contribution in [3.05, 3.63) is 47.5 Å². The Bertz CT molecular complexity index is 886. The summed E-state index contributed by atoms with van der Waals surface area (Å²) in [6, 6.07) is 11.1. The van der Waals surface area contributed by atoms with Crippen LogP contribution in [0.3, 0.4) is 0 Å². The van der Waals surface area contributed by atoms with E-state index in [2.05, 4.69) is 0 Å². The number of hydrogen-bond acceptors (Lipinski definition) is 5. The zero-order chi connectivity index (χ0) is 26.1. The van der Waals surface area contributed by atoms with Crippen LogP contribution >= 0.6 is 0 Å². The summed E-state index contributed by atoms with van der Waals surface area (Å²) >= 11 is 0. The molecular weight excluding hydrogens is 428 g/mol. The number of rotatable bonds is 6. The van der Waals surface area contributed by atoms with Crippen molar-refractivity contribution >= 4 is 0 Å². The van der Waals surface area contributed by atoms with Gasteiger partial charge in [0.1, 0.15) is 51.5 Å². The second-order valence-electron chi connectivity index (χ2n) is 12.7. The van der Waals surface area contributed by atoms with Gasteiger partial charge in [0.2, 0.25) is 0 Å². The van der Waals surface area contributed by atoms with E-state index in [1.54, 1.807) is 0 Å². The molecule has 0 aromatic heterocycles. The standard InChI is InChI=1S/C29H44O5/c1-26(2,3)31-19-13-15-21(23(17-19)33-28(7,8)9)25(30)22-16-14-20(32-27(4,5)6)18-24(22)34-29(10,11)12/h13-18,25,30H,1-12H3. The number of benzene rings is 2. The van der Waals surface area contributed by atoms with Crippen LogP contribution in [0.25, 0.3) is 0 Å². The predicted octanol–water partition coefficient (Wildman–Crippen LogP) is 7.48. The van der Waals surface area contributed by atoms with Crippen LogP contribution in [0.5, 0.6) is 23.0 Å². The third-order valence-corrected chi connectivity index (χ3v) is 4.24. The lowest BCUT2D eigenvalue weighted by Gasteiger charge is -2.29. The van der Waals surface area contributed by atoms with Crippen molar-refractivity contribution in [2.75, 3.05) is 0 Å². The quantitative estimate of drug-likeness (QED) is 0.472. The molecule has 0 amide bonds. The number of ether oxygens (including phenoxy) is 4. The monoisotopic (exact) mass is 472 g/mol. The maximum atomic E-state index is 11.6. The second kappa shape index (κ2) is 9.69. The molecule has 0 heterocycles. The van der Waals surface area contributed by atoms with E-state index in [0.717, 1.165) is 0 Å². The Kier molecular flexibility index (Phi) is 7.94. The Labute approximate surface area is 206 Å². The molecule has 2 aromatic rings. The molecule has 0 radical (unpaired) electrons. The lowest BCUT2D eigenvalue weighted by molar-refractivity contribution is 0.111. The molecule has 34 heavy (non-hydrogen) atoms. The van der Waals surface area contributed by atoms with Crippen molar-refractivity contribution in [2.24, 2.45) is 0 Å². The van der Waals surface area contributed by atoms with Gasteiger partial charge >= 0.3 is 0 Å². The maximum absolute atomic E-state index is 11.6. The smallest absolute Gasteiger partial charge is 0.129 e. The highest BCUT2D eigenvalue weighted by molar-refractivity contribution is 5.50. The lowest BCUT2D eigenvalue weighted by Crippen LogP contribution is -2.26. The number of aliphatic hydroxyl groups is 1. The minimum Gasteiger partial charge on any atom is -0.488 e. The van der Waals surface area contributed by atoms with Gasteiger partial charge in [-0.2, -0.15) is 0 Å². The first-order valence-electron chi connectivity index (χ1n) is 11.9. The van der Waals surface area contributed by atoms with Crippen LogP contribution in [-0.2, 0) is 0 Å². The third kappa shape index (κ3) is 9.09. The third-order valence-electron chi connectivity index (χ3n) is 4.24. The highest BCUT2D eigenvalue weighted by Gasteiger charge is 2.26. The fraction of sp³-hybridized carbons (Fsp3) is 0.586. The normalized spacial score (nSPS) is 13.1. The topological polar surface area (TPSA) is 57.2 Å². The van der Waals surface area contributed by atoms with Gasteiger partial charge in [-0.25, -0.2) is 0 Å². The minimum absolute atomic E-state index is 0.351. The van der Waals surface area contributed by atoms with Gasteiger partial charge in [0, 0.05) is 23.3 Å².